The van der Waals surface area contributed by atoms with Crippen LogP contribution in [0.5, 0.6) is 0 Å². The number of rotatable bonds is 3. The van der Waals surface area contributed by atoms with Crippen molar-refractivity contribution in [3.63, 3.8) is 0 Å². The highest BCUT2D eigenvalue weighted by molar-refractivity contribution is 9.10. The molecule has 0 radical (unpaired) electrons. The fourth-order valence-corrected chi connectivity index (χ4v) is 2.82. The largest absolute Gasteiger partial charge is 0.465 e. The summed E-state index contributed by atoms with van der Waals surface area (Å²) in [7, 11) is 0. The van der Waals surface area contributed by atoms with Crippen LogP contribution in [0.3, 0.4) is 0 Å². The van der Waals surface area contributed by atoms with Crippen molar-refractivity contribution in [3.05, 3.63) is 28.5 Å². The third-order valence-electron chi connectivity index (χ3n) is 3.69. The van der Waals surface area contributed by atoms with Gasteiger partial charge in [0.25, 0.3) is 0 Å². The fourth-order valence-electron chi connectivity index (χ4n) is 2.59. The highest BCUT2D eigenvalue weighted by Gasteiger charge is 2.45. The number of hydrogen-bond acceptors (Lipinski definition) is 4. The number of carbonyl (C=O) groups is 1. The SMILES string of the molecule is CCOC(=O)C1(c2ccc(Br)cn2)CCC(O)CC1. The summed E-state index contributed by atoms with van der Waals surface area (Å²) >= 11 is 3.35. The second-order valence-electron chi connectivity index (χ2n) is 4.90. The van der Waals surface area contributed by atoms with E-state index in [9.17, 15) is 9.90 Å². The summed E-state index contributed by atoms with van der Waals surface area (Å²) in [5.74, 6) is -0.225. The Balaban J connectivity index is 2.33. The number of esters is 1. The van der Waals surface area contributed by atoms with Crippen LogP contribution >= 0.6 is 15.9 Å². The maximum atomic E-state index is 12.4. The molecule has 0 aliphatic heterocycles. The minimum atomic E-state index is -0.698. The first-order chi connectivity index (χ1) is 9.08. The zero-order valence-electron chi connectivity index (χ0n) is 10.9. The van der Waals surface area contributed by atoms with Gasteiger partial charge in [0.2, 0.25) is 0 Å². The molecule has 1 aliphatic rings. The number of aliphatic hydroxyl groups is 1. The average Bonchev–Trinajstić information content (AvgIpc) is 2.41. The van der Waals surface area contributed by atoms with Crippen molar-refractivity contribution >= 4 is 21.9 Å². The summed E-state index contributed by atoms with van der Waals surface area (Å²) in [6.45, 7) is 2.16. The first-order valence-corrected chi connectivity index (χ1v) is 7.35. The Labute approximate surface area is 121 Å². The van der Waals surface area contributed by atoms with Crippen LogP contribution < -0.4 is 0 Å². The third kappa shape index (κ3) is 2.98. The Morgan fingerprint density at radius 3 is 2.74 bits per heavy atom. The molecule has 0 spiro atoms. The van der Waals surface area contributed by atoms with Gasteiger partial charge in [-0.25, -0.2) is 0 Å². The van der Waals surface area contributed by atoms with Crippen LogP contribution in [0.1, 0.15) is 38.3 Å². The maximum Gasteiger partial charge on any atom is 0.318 e. The molecule has 2 rings (SSSR count). The smallest absolute Gasteiger partial charge is 0.318 e. The first kappa shape index (κ1) is 14.5. The molecular formula is C14H18BrNO3. The van der Waals surface area contributed by atoms with Gasteiger partial charge in [-0.2, -0.15) is 0 Å². The molecule has 0 saturated heterocycles. The molecule has 1 aliphatic carbocycles. The lowest BCUT2D eigenvalue weighted by Gasteiger charge is -2.36. The highest BCUT2D eigenvalue weighted by Crippen LogP contribution is 2.40. The van der Waals surface area contributed by atoms with E-state index in [1.807, 2.05) is 12.1 Å². The van der Waals surface area contributed by atoms with E-state index >= 15 is 0 Å². The van der Waals surface area contributed by atoms with Crippen LogP contribution in [0.4, 0.5) is 0 Å². The van der Waals surface area contributed by atoms with Gasteiger partial charge < -0.3 is 9.84 Å². The van der Waals surface area contributed by atoms with E-state index in [0.29, 0.717) is 32.3 Å². The lowest BCUT2D eigenvalue weighted by atomic mass is 9.70. The van der Waals surface area contributed by atoms with Crippen molar-refractivity contribution < 1.29 is 14.6 Å². The lowest BCUT2D eigenvalue weighted by Crippen LogP contribution is -2.42. The van der Waals surface area contributed by atoms with Gasteiger partial charge in [0.05, 0.1) is 18.4 Å². The summed E-state index contributed by atoms with van der Waals surface area (Å²) in [4.78, 5) is 16.7. The van der Waals surface area contributed by atoms with Crippen LogP contribution in [0.25, 0.3) is 0 Å². The number of hydrogen-bond donors (Lipinski definition) is 1. The number of aromatic nitrogens is 1. The Hall–Kier alpha value is -0.940. The number of aliphatic hydroxyl groups excluding tert-OH is 1. The molecule has 1 N–H and O–H groups in total. The molecule has 1 aromatic rings. The van der Waals surface area contributed by atoms with Crippen molar-refractivity contribution in [2.75, 3.05) is 6.61 Å². The van der Waals surface area contributed by atoms with E-state index in [2.05, 4.69) is 20.9 Å². The van der Waals surface area contributed by atoms with Gasteiger partial charge in [0.15, 0.2) is 0 Å². The van der Waals surface area contributed by atoms with E-state index in [4.69, 9.17) is 4.74 Å². The highest BCUT2D eigenvalue weighted by atomic mass is 79.9. The van der Waals surface area contributed by atoms with Crippen LogP contribution in [0.15, 0.2) is 22.8 Å². The van der Waals surface area contributed by atoms with Gasteiger partial charge in [-0.15, -0.1) is 0 Å². The van der Waals surface area contributed by atoms with E-state index in [-0.39, 0.29) is 12.1 Å². The van der Waals surface area contributed by atoms with Gasteiger partial charge in [-0.3, -0.25) is 9.78 Å². The zero-order valence-corrected chi connectivity index (χ0v) is 12.5. The minimum Gasteiger partial charge on any atom is -0.465 e. The molecule has 0 unspecified atom stereocenters. The van der Waals surface area contributed by atoms with Gasteiger partial charge in [0, 0.05) is 10.7 Å². The summed E-state index contributed by atoms with van der Waals surface area (Å²) in [5, 5.41) is 9.66. The normalized spacial score (nSPS) is 27.0. The molecule has 5 heteroatoms. The Bertz CT molecular complexity index is 439. The molecule has 1 fully saturated rings. The monoisotopic (exact) mass is 327 g/mol. The molecule has 1 heterocycles. The quantitative estimate of drug-likeness (QED) is 0.867. The van der Waals surface area contributed by atoms with Crippen molar-refractivity contribution in [2.24, 2.45) is 0 Å². The standard InChI is InChI=1S/C14H18BrNO3/c1-2-19-13(18)14(7-5-11(17)6-8-14)12-4-3-10(15)9-16-12/h3-4,9,11,17H,2,5-8H2,1H3. The van der Waals surface area contributed by atoms with E-state index in [1.54, 1.807) is 13.1 Å². The summed E-state index contributed by atoms with van der Waals surface area (Å²) in [6, 6.07) is 3.74. The number of pyridine rings is 1. The van der Waals surface area contributed by atoms with Crippen molar-refractivity contribution in [3.8, 4) is 0 Å². The maximum absolute atomic E-state index is 12.4. The second-order valence-corrected chi connectivity index (χ2v) is 5.81. The van der Waals surface area contributed by atoms with E-state index in [1.165, 1.54) is 0 Å². The zero-order chi connectivity index (χ0) is 13.9. The molecule has 0 amide bonds. The van der Waals surface area contributed by atoms with Crippen molar-refractivity contribution in [1.29, 1.82) is 0 Å². The van der Waals surface area contributed by atoms with Gasteiger partial charge in [-0.05, 0) is 60.7 Å². The molecule has 0 bridgehead atoms. The molecule has 1 aromatic heterocycles. The van der Waals surface area contributed by atoms with E-state index < -0.39 is 5.41 Å². The first-order valence-electron chi connectivity index (χ1n) is 6.56. The van der Waals surface area contributed by atoms with Crippen molar-refractivity contribution in [2.45, 2.75) is 44.1 Å². The lowest BCUT2D eigenvalue weighted by molar-refractivity contribution is -0.152. The fraction of sp³-hybridized carbons (Fsp3) is 0.571. The second kappa shape index (κ2) is 6.01. The predicted molar refractivity (Wildman–Crippen MR) is 74.7 cm³/mol. The Morgan fingerprint density at radius 2 is 2.21 bits per heavy atom. The average molecular weight is 328 g/mol. The van der Waals surface area contributed by atoms with E-state index in [0.717, 1.165) is 10.2 Å². The molecule has 0 atom stereocenters. The molecule has 104 valence electrons. The third-order valence-corrected chi connectivity index (χ3v) is 4.16. The van der Waals surface area contributed by atoms with Crippen molar-refractivity contribution in [1.82, 2.24) is 4.98 Å². The van der Waals surface area contributed by atoms with Crippen LogP contribution in [-0.4, -0.2) is 28.8 Å². The Morgan fingerprint density at radius 1 is 1.53 bits per heavy atom. The topological polar surface area (TPSA) is 59.4 Å². The summed E-state index contributed by atoms with van der Waals surface area (Å²) in [5.41, 5.74) is 0.0386. The van der Waals surface area contributed by atoms with Crippen LogP contribution in [0.2, 0.25) is 0 Å². The number of halogens is 1. The number of carbonyl (C=O) groups excluding carboxylic acids is 1. The van der Waals surface area contributed by atoms with Gasteiger partial charge in [-0.1, -0.05) is 0 Å². The number of ether oxygens (including phenoxy) is 1. The van der Waals surface area contributed by atoms with Crippen LogP contribution in [-0.2, 0) is 14.9 Å². The molecular weight excluding hydrogens is 310 g/mol. The minimum absolute atomic E-state index is 0.225. The van der Waals surface area contributed by atoms with Gasteiger partial charge in [0.1, 0.15) is 5.41 Å². The summed E-state index contributed by atoms with van der Waals surface area (Å²) in [6.07, 6.45) is 3.76. The summed E-state index contributed by atoms with van der Waals surface area (Å²) < 4.78 is 6.11. The molecule has 0 aromatic carbocycles. The van der Waals surface area contributed by atoms with Gasteiger partial charge >= 0.3 is 5.97 Å². The molecule has 19 heavy (non-hydrogen) atoms. The molecule has 1 saturated carbocycles. The Kier molecular flexibility index (Phi) is 4.58. The number of nitrogens with zero attached hydrogens (tertiary/aromatic N) is 1. The predicted octanol–water partition coefficient (Wildman–Crippen LogP) is 2.58. The molecule has 4 nitrogen and oxygen atoms in total. The van der Waals surface area contributed by atoms with Crippen LogP contribution in [0, 0.1) is 0 Å².